The summed E-state index contributed by atoms with van der Waals surface area (Å²) >= 11 is 0. The number of hydrogen-bond acceptors (Lipinski definition) is 4. The molecule has 2 aromatic heterocycles. The van der Waals surface area contributed by atoms with Gasteiger partial charge >= 0.3 is 0 Å². The van der Waals surface area contributed by atoms with Crippen molar-refractivity contribution in [1.82, 2.24) is 14.7 Å². The number of hydrogen-bond donors (Lipinski definition) is 1. The molecule has 1 aromatic carbocycles. The molecule has 0 aliphatic rings. The fourth-order valence-electron chi connectivity index (χ4n) is 1.76. The van der Waals surface area contributed by atoms with Gasteiger partial charge in [0.25, 0.3) is 0 Å². The Bertz CT molecular complexity index is 659. The number of anilines is 1. The van der Waals surface area contributed by atoms with Crippen LogP contribution in [0.15, 0.2) is 35.1 Å². The van der Waals surface area contributed by atoms with E-state index in [0.717, 1.165) is 0 Å². The second kappa shape index (κ2) is 3.58. The van der Waals surface area contributed by atoms with Crippen LogP contribution in [0.4, 0.5) is 10.3 Å². The lowest BCUT2D eigenvalue weighted by atomic mass is 10.3. The maximum atomic E-state index is 13.2. The van der Waals surface area contributed by atoms with E-state index in [-0.39, 0.29) is 5.82 Å². The largest absolute Gasteiger partial charge is 0.369 e. The molecule has 0 radical (unpaired) electrons. The van der Waals surface area contributed by atoms with Gasteiger partial charge < -0.3 is 14.8 Å². The predicted molar refractivity (Wildman–Crippen MR) is 59.7 cm³/mol. The fraction of sp³-hybridized carbons (Fsp3) is 0.0909. The third kappa shape index (κ3) is 1.63. The highest BCUT2D eigenvalue weighted by molar-refractivity contribution is 5.78. The molecule has 0 amide bonds. The molecule has 0 bridgehead atoms. The number of imidazole rings is 1. The summed E-state index contributed by atoms with van der Waals surface area (Å²) in [5, 5.41) is 3.79. The second-order valence-corrected chi connectivity index (χ2v) is 3.68. The number of rotatable bonds is 2. The summed E-state index contributed by atoms with van der Waals surface area (Å²) < 4.78 is 19.6. The second-order valence-electron chi connectivity index (χ2n) is 3.68. The first-order chi connectivity index (χ1) is 8.24. The highest BCUT2D eigenvalue weighted by Crippen LogP contribution is 2.19. The molecule has 0 saturated carbocycles. The van der Waals surface area contributed by atoms with Crippen molar-refractivity contribution in [2.75, 3.05) is 5.73 Å². The zero-order valence-corrected chi connectivity index (χ0v) is 8.80. The van der Waals surface area contributed by atoms with Crippen LogP contribution >= 0.6 is 0 Å². The molecule has 3 aromatic rings. The summed E-state index contributed by atoms with van der Waals surface area (Å²) in [6.07, 6.45) is 1.48. The lowest BCUT2D eigenvalue weighted by Crippen LogP contribution is -2.04. The van der Waals surface area contributed by atoms with Crippen LogP contribution in [0.1, 0.15) is 5.69 Å². The summed E-state index contributed by atoms with van der Waals surface area (Å²) in [6.45, 7) is 0.405. The molecule has 2 N–H and O–H groups in total. The van der Waals surface area contributed by atoms with E-state index in [9.17, 15) is 4.39 Å². The van der Waals surface area contributed by atoms with Crippen molar-refractivity contribution >= 4 is 17.0 Å². The summed E-state index contributed by atoms with van der Waals surface area (Å²) in [7, 11) is 0. The smallest absolute Gasteiger partial charge is 0.201 e. The van der Waals surface area contributed by atoms with E-state index in [1.54, 1.807) is 16.7 Å². The highest BCUT2D eigenvalue weighted by atomic mass is 19.1. The predicted octanol–water partition coefficient (Wildman–Crippen LogP) is 1.79. The van der Waals surface area contributed by atoms with E-state index >= 15 is 0 Å². The number of nitrogens with two attached hydrogens (primary N) is 1. The van der Waals surface area contributed by atoms with Crippen LogP contribution in [0.25, 0.3) is 11.0 Å². The molecule has 5 nitrogen and oxygen atoms in total. The number of fused-ring (bicyclic) bond motifs is 1. The quantitative estimate of drug-likeness (QED) is 0.731. The molecular weight excluding hydrogens is 223 g/mol. The van der Waals surface area contributed by atoms with Crippen LogP contribution < -0.4 is 5.73 Å². The first-order valence-electron chi connectivity index (χ1n) is 5.04. The van der Waals surface area contributed by atoms with Gasteiger partial charge in [-0.05, 0) is 18.2 Å². The molecule has 0 saturated heterocycles. The average Bonchev–Trinajstić information content (AvgIpc) is 2.90. The van der Waals surface area contributed by atoms with Gasteiger partial charge in [-0.15, -0.1) is 0 Å². The van der Waals surface area contributed by atoms with Gasteiger partial charge in [-0.3, -0.25) is 0 Å². The molecule has 86 valence electrons. The Labute approximate surface area is 95.6 Å². The van der Waals surface area contributed by atoms with Crippen LogP contribution in [0.5, 0.6) is 0 Å². The number of halogens is 1. The minimum Gasteiger partial charge on any atom is -0.369 e. The number of nitrogens with zero attached hydrogens (tertiary/aromatic N) is 3. The Morgan fingerprint density at radius 3 is 3.00 bits per heavy atom. The third-order valence-corrected chi connectivity index (χ3v) is 2.55. The minimum atomic E-state index is -0.321. The Morgan fingerprint density at radius 2 is 2.24 bits per heavy atom. The molecule has 3 rings (SSSR count). The van der Waals surface area contributed by atoms with E-state index < -0.39 is 0 Å². The average molecular weight is 232 g/mol. The number of nitrogen functional groups attached to an aromatic ring is 1. The Balaban J connectivity index is 2.14. The summed E-state index contributed by atoms with van der Waals surface area (Å²) in [6, 6.07) is 6.08. The molecule has 0 unspecified atom stereocenters. The zero-order valence-electron chi connectivity index (χ0n) is 8.80. The molecule has 0 fully saturated rings. The Kier molecular flexibility index (Phi) is 2.07. The van der Waals surface area contributed by atoms with Gasteiger partial charge in [0.15, 0.2) is 0 Å². The van der Waals surface area contributed by atoms with E-state index in [2.05, 4.69) is 10.1 Å². The van der Waals surface area contributed by atoms with Gasteiger partial charge in [0.05, 0.1) is 17.6 Å². The van der Waals surface area contributed by atoms with Crippen LogP contribution in [0, 0.1) is 5.82 Å². The summed E-state index contributed by atoms with van der Waals surface area (Å²) in [5.74, 6) is 0.00685. The van der Waals surface area contributed by atoms with E-state index in [0.29, 0.717) is 29.2 Å². The Morgan fingerprint density at radius 1 is 1.35 bits per heavy atom. The first kappa shape index (κ1) is 9.83. The van der Waals surface area contributed by atoms with E-state index in [1.807, 2.05) is 0 Å². The molecule has 2 heterocycles. The maximum Gasteiger partial charge on any atom is 0.201 e. The highest BCUT2D eigenvalue weighted by Gasteiger charge is 2.10. The molecule has 0 atom stereocenters. The van der Waals surface area contributed by atoms with Gasteiger partial charge in [0.2, 0.25) is 5.95 Å². The van der Waals surface area contributed by atoms with Gasteiger partial charge in [-0.25, -0.2) is 9.37 Å². The van der Waals surface area contributed by atoms with Crippen LogP contribution in [0.3, 0.4) is 0 Å². The van der Waals surface area contributed by atoms with Gasteiger partial charge in [0, 0.05) is 6.07 Å². The number of benzene rings is 1. The Hall–Kier alpha value is -2.37. The molecule has 6 heteroatoms. The molecular formula is C11H9FN4O. The van der Waals surface area contributed by atoms with Crippen LogP contribution in [-0.4, -0.2) is 14.7 Å². The molecule has 17 heavy (non-hydrogen) atoms. The molecule has 0 aliphatic carbocycles. The number of aromatic nitrogens is 3. The normalized spacial score (nSPS) is 11.1. The third-order valence-electron chi connectivity index (χ3n) is 2.55. The van der Waals surface area contributed by atoms with Crippen molar-refractivity contribution in [2.45, 2.75) is 6.54 Å². The van der Waals surface area contributed by atoms with Gasteiger partial charge in [0.1, 0.15) is 17.8 Å². The maximum absolute atomic E-state index is 13.2. The molecule has 0 spiro atoms. The van der Waals surface area contributed by atoms with Crippen molar-refractivity contribution in [2.24, 2.45) is 0 Å². The lowest BCUT2D eigenvalue weighted by molar-refractivity contribution is 0.410. The SMILES string of the molecule is Nc1nc2ccc(F)cc2n1Cc1ccon1. The zero-order chi connectivity index (χ0) is 11.8. The summed E-state index contributed by atoms with van der Waals surface area (Å²) in [5.41, 5.74) is 7.80. The van der Waals surface area contributed by atoms with Crippen LogP contribution in [-0.2, 0) is 6.54 Å². The van der Waals surface area contributed by atoms with Crippen molar-refractivity contribution < 1.29 is 8.91 Å². The lowest BCUT2D eigenvalue weighted by Gasteiger charge is -2.03. The summed E-state index contributed by atoms with van der Waals surface area (Å²) in [4.78, 5) is 4.15. The van der Waals surface area contributed by atoms with E-state index in [1.165, 1.54) is 18.4 Å². The first-order valence-corrected chi connectivity index (χ1v) is 5.04. The topological polar surface area (TPSA) is 69.9 Å². The van der Waals surface area contributed by atoms with Crippen molar-refractivity contribution in [1.29, 1.82) is 0 Å². The van der Waals surface area contributed by atoms with Crippen LogP contribution in [0.2, 0.25) is 0 Å². The minimum absolute atomic E-state index is 0.321. The van der Waals surface area contributed by atoms with Gasteiger partial charge in [-0.2, -0.15) is 0 Å². The van der Waals surface area contributed by atoms with Crippen molar-refractivity contribution in [3.8, 4) is 0 Å². The van der Waals surface area contributed by atoms with E-state index in [4.69, 9.17) is 10.3 Å². The monoisotopic (exact) mass is 232 g/mol. The van der Waals surface area contributed by atoms with Crippen molar-refractivity contribution in [3.05, 3.63) is 42.0 Å². The molecule has 0 aliphatic heterocycles. The fourth-order valence-corrected chi connectivity index (χ4v) is 1.76. The van der Waals surface area contributed by atoms with Crippen molar-refractivity contribution in [3.63, 3.8) is 0 Å². The standard InChI is InChI=1S/C11H9FN4O/c12-7-1-2-9-10(5-7)16(11(13)14-9)6-8-3-4-17-15-8/h1-5H,6H2,(H2,13,14). The van der Waals surface area contributed by atoms with Gasteiger partial charge in [-0.1, -0.05) is 5.16 Å².